The normalized spacial score (nSPS) is 11.0. The zero-order valence-corrected chi connectivity index (χ0v) is 13.2. The standard InChI is InChI=1S/C14H15ClN2O3S/c1-19-11(20-2)7-10-12(13(16)18)21-14(17-10)8-3-5-9(15)6-4-8/h3-6,11H,7H2,1-2H3,(H2,16,18). The fourth-order valence-corrected chi connectivity index (χ4v) is 2.90. The van der Waals surface area contributed by atoms with E-state index in [1.165, 1.54) is 25.6 Å². The highest BCUT2D eigenvalue weighted by Gasteiger charge is 2.20. The maximum absolute atomic E-state index is 11.6. The number of aromatic nitrogens is 1. The van der Waals surface area contributed by atoms with Gasteiger partial charge in [0.1, 0.15) is 9.88 Å². The molecule has 0 unspecified atom stereocenters. The minimum Gasteiger partial charge on any atom is -0.365 e. The van der Waals surface area contributed by atoms with E-state index in [2.05, 4.69) is 4.98 Å². The van der Waals surface area contributed by atoms with Gasteiger partial charge in [-0.25, -0.2) is 4.98 Å². The highest BCUT2D eigenvalue weighted by molar-refractivity contribution is 7.17. The Morgan fingerprint density at radius 1 is 1.33 bits per heavy atom. The minimum absolute atomic E-state index is 0.357. The molecule has 0 spiro atoms. The minimum atomic E-state index is -0.506. The first-order valence-corrected chi connectivity index (χ1v) is 7.35. The molecule has 0 aliphatic carbocycles. The van der Waals surface area contributed by atoms with Crippen LogP contribution >= 0.6 is 22.9 Å². The van der Waals surface area contributed by atoms with E-state index in [1.807, 2.05) is 12.1 Å². The number of primary amides is 1. The number of hydrogen-bond donors (Lipinski definition) is 1. The zero-order chi connectivity index (χ0) is 15.4. The molecule has 112 valence electrons. The van der Waals surface area contributed by atoms with Gasteiger partial charge in [-0.3, -0.25) is 4.79 Å². The first kappa shape index (κ1) is 15.9. The topological polar surface area (TPSA) is 74.4 Å². The quantitative estimate of drug-likeness (QED) is 0.828. The number of ether oxygens (including phenoxy) is 2. The molecule has 1 heterocycles. The third kappa shape index (κ3) is 3.79. The third-order valence-corrected chi connectivity index (χ3v) is 4.31. The van der Waals surface area contributed by atoms with Gasteiger partial charge in [-0.2, -0.15) is 0 Å². The fraction of sp³-hybridized carbons (Fsp3) is 0.286. The molecule has 0 saturated heterocycles. The number of nitrogens with zero attached hydrogens (tertiary/aromatic N) is 1. The van der Waals surface area contributed by atoms with Crippen molar-refractivity contribution in [1.82, 2.24) is 4.98 Å². The lowest BCUT2D eigenvalue weighted by Gasteiger charge is -2.11. The van der Waals surface area contributed by atoms with Crippen LogP contribution < -0.4 is 5.73 Å². The van der Waals surface area contributed by atoms with Gasteiger partial charge in [0.15, 0.2) is 6.29 Å². The van der Waals surface area contributed by atoms with Crippen molar-refractivity contribution >= 4 is 28.8 Å². The van der Waals surface area contributed by atoms with Gasteiger partial charge in [0, 0.05) is 31.2 Å². The van der Waals surface area contributed by atoms with Gasteiger partial charge < -0.3 is 15.2 Å². The SMILES string of the molecule is COC(Cc1nc(-c2ccc(Cl)cc2)sc1C(N)=O)OC. The summed E-state index contributed by atoms with van der Waals surface area (Å²) in [4.78, 5) is 16.5. The number of amides is 1. The van der Waals surface area contributed by atoms with Gasteiger partial charge in [-0.1, -0.05) is 23.7 Å². The van der Waals surface area contributed by atoms with Crippen molar-refractivity contribution < 1.29 is 14.3 Å². The van der Waals surface area contributed by atoms with E-state index in [4.69, 9.17) is 26.8 Å². The summed E-state index contributed by atoms with van der Waals surface area (Å²) in [6, 6.07) is 7.24. The van der Waals surface area contributed by atoms with E-state index >= 15 is 0 Å². The van der Waals surface area contributed by atoms with Crippen LogP contribution in [-0.2, 0) is 15.9 Å². The predicted octanol–water partition coefficient (Wildman–Crippen LogP) is 2.72. The highest BCUT2D eigenvalue weighted by Crippen LogP contribution is 2.29. The van der Waals surface area contributed by atoms with Gasteiger partial charge in [-0.15, -0.1) is 11.3 Å². The second-order valence-corrected chi connectivity index (χ2v) is 5.71. The van der Waals surface area contributed by atoms with Crippen molar-refractivity contribution in [3.05, 3.63) is 39.9 Å². The van der Waals surface area contributed by atoms with Crippen molar-refractivity contribution in [3.63, 3.8) is 0 Å². The number of halogens is 1. The second kappa shape index (κ2) is 7.00. The Kier molecular flexibility index (Phi) is 5.30. The van der Waals surface area contributed by atoms with E-state index in [0.29, 0.717) is 27.0 Å². The van der Waals surface area contributed by atoms with Crippen LogP contribution in [0.1, 0.15) is 15.4 Å². The van der Waals surface area contributed by atoms with E-state index in [-0.39, 0.29) is 0 Å². The van der Waals surface area contributed by atoms with Gasteiger partial charge >= 0.3 is 0 Å². The number of rotatable bonds is 6. The molecule has 2 N–H and O–H groups in total. The summed E-state index contributed by atoms with van der Waals surface area (Å²) >= 11 is 7.12. The largest absolute Gasteiger partial charge is 0.365 e. The number of methoxy groups -OCH3 is 2. The summed E-state index contributed by atoms with van der Waals surface area (Å²) in [6.45, 7) is 0. The molecule has 0 atom stereocenters. The van der Waals surface area contributed by atoms with E-state index in [9.17, 15) is 4.79 Å². The van der Waals surface area contributed by atoms with Crippen molar-refractivity contribution in [2.24, 2.45) is 5.73 Å². The number of hydrogen-bond acceptors (Lipinski definition) is 5. The molecule has 0 fully saturated rings. The summed E-state index contributed by atoms with van der Waals surface area (Å²) in [5, 5.41) is 1.35. The first-order chi connectivity index (χ1) is 10.0. The number of benzene rings is 1. The number of nitrogens with two attached hydrogens (primary N) is 1. The third-order valence-electron chi connectivity index (χ3n) is 2.90. The molecule has 0 saturated carbocycles. The van der Waals surface area contributed by atoms with Crippen LogP contribution in [0.2, 0.25) is 5.02 Å². The number of thiazole rings is 1. The molecule has 1 aromatic carbocycles. The number of carbonyl (C=O) groups excluding carboxylic acids is 1. The molecule has 0 aliphatic heterocycles. The van der Waals surface area contributed by atoms with Crippen LogP contribution in [0, 0.1) is 0 Å². The molecule has 0 aliphatic rings. The zero-order valence-electron chi connectivity index (χ0n) is 11.6. The lowest BCUT2D eigenvalue weighted by molar-refractivity contribution is -0.101. The van der Waals surface area contributed by atoms with Crippen LogP contribution in [0.4, 0.5) is 0 Å². The molecule has 21 heavy (non-hydrogen) atoms. The molecule has 7 heteroatoms. The highest BCUT2D eigenvalue weighted by atomic mass is 35.5. The van der Waals surface area contributed by atoms with Gasteiger partial charge in [0.05, 0.1) is 5.69 Å². The molecular formula is C14H15ClN2O3S. The molecule has 1 amide bonds. The van der Waals surface area contributed by atoms with Crippen molar-refractivity contribution in [3.8, 4) is 10.6 Å². The summed E-state index contributed by atoms with van der Waals surface area (Å²) in [5.41, 5.74) is 6.87. The van der Waals surface area contributed by atoms with Gasteiger partial charge in [0.25, 0.3) is 5.91 Å². The summed E-state index contributed by atoms with van der Waals surface area (Å²) in [7, 11) is 3.06. The molecular weight excluding hydrogens is 312 g/mol. The van der Waals surface area contributed by atoms with Crippen molar-refractivity contribution in [2.45, 2.75) is 12.7 Å². The Hall–Kier alpha value is -1.47. The average Bonchev–Trinajstić information content (AvgIpc) is 2.89. The Morgan fingerprint density at radius 2 is 1.95 bits per heavy atom. The Balaban J connectivity index is 2.36. The summed E-state index contributed by atoms with van der Waals surface area (Å²) in [6.07, 6.45) is -0.113. The maximum atomic E-state index is 11.6. The Labute approximate surface area is 131 Å². The average molecular weight is 327 g/mol. The molecule has 0 bridgehead atoms. The van der Waals surface area contributed by atoms with E-state index < -0.39 is 12.2 Å². The number of carbonyl (C=O) groups is 1. The monoisotopic (exact) mass is 326 g/mol. The smallest absolute Gasteiger partial charge is 0.260 e. The summed E-state index contributed by atoms with van der Waals surface area (Å²) in [5.74, 6) is -0.506. The predicted molar refractivity (Wildman–Crippen MR) is 82.6 cm³/mol. The van der Waals surface area contributed by atoms with Crippen molar-refractivity contribution in [1.29, 1.82) is 0 Å². The van der Waals surface area contributed by atoms with Crippen molar-refractivity contribution in [2.75, 3.05) is 14.2 Å². The molecule has 2 rings (SSSR count). The summed E-state index contributed by atoms with van der Waals surface area (Å²) < 4.78 is 10.3. The molecule has 5 nitrogen and oxygen atoms in total. The van der Waals surface area contributed by atoms with E-state index in [1.54, 1.807) is 12.1 Å². The second-order valence-electron chi connectivity index (χ2n) is 4.27. The molecule has 0 radical (unpaired) electrons. The van der Waals surface area contributed by atoms with Crippen LogP contribution in [0.15, 0.2) is 24.3 Å². The van der Waals surface area contributed by atoms with Crippen LogP contribution in [0.5, 0.6) is 0 Å². The fourth-order valence-electron chi connectivity index (χ4n) is 1.82. The lowest BCUT2D eigenvalue weighted by atomic mass is 10.2. The first-order valence-electron chi connectivity index (χ1n) is 6.16. The van der Waals surface area contributed by atoms with Crippen LogP contribution in [0.3, 0.4) is 0 Å². The van der Waals surface area contributed by atoms with E-state index in [0.717, 1.165) is 5.56 Å². The lowest BCUT2D eigenvalue weighted by Crippen LogP contribution is -2.19. The van der Waals surface area contributed by atoms with Gasteiger partial charge in [-0.05, 0) is 12.1 Å². The van der Waals surface area contributed by atoms with Gasteiger partial charge in [0.2, 0.25) is 0 Å². The molecule has 1 aromatic heterocycles. The Bertz CT molecular complexity index is 624. The molecule has 2 aromatic rings. The van der Waals surface area contributed by atoms with Crippen LogP contribution in [-0.4, -0.2) is 31.4 Å². The Morgan fingerprint density at radius 3 is 2.48 bits per heavy atom. The van der Waals surface area contributed by atoms with Crippen LogP contribution in [0.25, 0.3) is 10.6 Å². The maximum Gasteiger partial charge on any atom is 0.260 e.